The quantitative estimate of drug-likeness (QED) is 0.706. The third-order valence-electron chi connectivity index (χ3n) is 3.87. The van der Waals surface area contributed by atoms with Crippen LogP contribution in [0.15, 0.2) is 4.52 Å². The average molecular weight is 310 g/mol. The summed E-state index contributed by atoms with van der Waals surface area (Å²) in [6, 6.07) is 0. The molecular formula is C16H26N2O4. The molecular weight excluding hydrogens is 284 g/mol. The normalized spacial score (nSPS) is 17.8. The summed E-state index contributed by atoms with van der Waals surface area (Å²) in [5.74, 6) is 0.837. The van der Waals surface area contributed by atoms with E-state index in [0.29, 0.717) is 26.2 Å². The minimum Gasteiger partial charge on any atom is -0.378 e. The molecule has 2 rings (SSSR count). The van der Waals surface area contributed by atoms with Crippen LogP contribution in [0, 0.1) is 0 Å². The lowest BCUT2D eigenvalue weighted by Crippen LogP contribution is -2.25. The minimum absolute atomic E-state index is 0.0161. The first-order valence-corrected chi connectivity index (χ1v) is 8.16. The van der Waals surface area contributed by atoms with Gasteiger partial charge in [-0.15, -0.1) is 0 Å². The van der Waals surface area contributed by atoms with Crippen molar-refractivity contribution in [3.8, 4) is 0 Å². The zero-order valence-electron chi connectivity index (χ0n) is 13.5. The molecule has 0 aromatic carbocycles. The first kappa shape index (κ1) is 17.0. The van der Waals surface area contributed by atoms with Gasteiger partial charge in [0.25, 0.3) is 0 Å². The average Bonchev–Trinajstić information content (AvgIpc) is 3.18. The second-order valence-electron chi connectivity index (χ2n) is 5.47. The molecule has 1 aliphatic heterocycles. The SMILES string of the molecule is CCc1noc(CC)c1CNC(=O)CCOC[C@@H]1CCCO1. The highest BCUT2D eigenvalue weighted by molar-refractivity contribution is 5.76. The maximum Gasteiger partial charge on any atom is 0.222 e. The van der Waals surface area contributed by atoms with Crippen LogP contribution < -0.4 is 5.32 Å². The van der Waals surface area contributed by atoms with E-state index < -0.39 is 0 Å². The maximum atomic E-state index is 11.9. The monoisotopic (exact) mass is 310 g/mol. The van der Waals surface area contributed by atoms with E-state index in [4.69, 9.17) is 14.0 Å². The Labute approximate surface area is 131 Å². The molecule has 1 N–H and O–H groups in total. The molecule has 1 aliphatic rings. The Balaban J connectivity index is 1.65. The van der Waals surface area contributed by atoms with Gasteiger partial charge in [-0.3, -0.25) is 4.79 Å². The van der Waals surface area contributed by atoms with Gasteiger partial charge in [0, 0.05) is 31.6 Å². The Bertz CT molecular complexity index is 445. The number of ether oxygens (including phenoxy) is 2. The Hall–Kier alpha value is -1.40. The van der Waals surface area contributed by atoms with E-state index in [9.17, 15) is 4.79 Å². The van der Waals surface area contributed by atoms with Crippen molar-refractivity contribution >= 4 is 5.91 Å². The molecule has 1 amide bonds. The van der Waals surface area contributed by atoms with Crippen LogP contribution in [0.25, 0.3) is 0 Å². The van der Waals surface area contributed by atoms with Crippen LogP contribution in [0.4, 0.5) is 0 Å². The number of aryl methyl sites for hydroxylation is 2. The van der Waals surface area contributed by atoms with Crippen LogP contribution in [-0.2, 0) is 33.7 Å². The highest BCUT2D eigenvalue weighted by atomic mass is 16.5. The lowest BCUT2D eigenvalue weighted by molar-refractivity contribution is -0.122. The Morgan fingerprint density at radius 2 is 2.27 bits per heavy atom. The number of carbonyl (C=O) groups is 1. The van der Waals surface area contributed by atoms with E-state index in [1.54, 1.807) is 0 Å². The summed E-state index contributed by atoms with van der Waals surface area (Å²) >= 11 is 0. The molecule has 0 radical (unpaired) electrons. The molecule has 1 saturated heterocycles. The Morgan fingerprint density at radius 1 is 1.41 bits per heavy atom. The largest absolute Gasteiger partial charge is 0.378 e. The van der Waals surface area contributed by atoms with Crippen LogP contribution in [0.3, 0.4) is 0 Å². The Morgan fingerprint density at radius 3 is 2.95 bits per heavy atom. The van der Waals surface area contributed by atoms with Gasteiger partial charge in [-0.25, -0.2) is 0 Å². The summed E-state index contributed by atoms with van der Waals surface area (Å²) in [4.78, 5) is 11.9. The number of nitrogens with zero attached hydrogens (tertiary/aromatic N) is 1. The second kappa shape index (κ2) is 8.90. The molecule has 124 valence electrons. The molecule has 0 aliphatic carbocycles. The molecule has 22 heavy (non-hydrogen) atoms. The standard InChI is InChI=1S/C16H26N2O4/c1-3-14-13(15(4-2)22-18-14)10-17-16(19)7-9-20-11-12-6-5-8-21-12/h12H,3-11H2,1-2H3,(H,17,19)/t12-/m0/s1. The molecule has 0 bridgehead atoms. The van der Waals surface area contributed by atoms with Gasteiger partial charge >= 0.3 is 0 Å². The van der Waals surface area contributed by atoms with Gasteiger partial charge in [0.05, 0.1) is 25.0 Å². The zero-order valence-corrected chi connectivity index (χ0v) is 13.5. The summed E-state index contributed by atoms with van der Waals surface area (Å²) in [7, 11) is 0. The molecule has 1 fully saturated rings. The van der Waals surface area contributed by atoms with E-state index >= 15 is 0 Å². The molecule has 1 aromatic rings. The molecule has 1 atom stereocenters. The van der Waals surface area contributed by atoms with Gasteiger partial charge in [0.2, 0.25) is 5.91 Å². The smallest absolute Gasteiger partial charge is 0.222 e. The van der Waals surface area contributed by atoms with E-state index in [2.05, 4.69) is 10.5 Å². The summed E-state index contributed by atoms with van der Waals surface area (Å²) < 4.78 is 16.2. The molecule has 0 saturated carbocycles. The van der Waals surface area contributed by atoms with Crippen molar-refractivity contribution in [1.82, 2.24) is 10.5 Å². The number of amides is 1. The van der Waals surface area contributed by atoms with Crippen molar-refractivity contribution in [1.29, 1.82) is 0 Å². The van der Waals surface area contributed by atoms with Crippen LogP contribution in [0.2, 0.25) is 0 Å². The van der Waals surface area contributed by atoms with Crippen molar-refractivity contribution in [2.45, 2.75) is 58.6 Å². The van der Waals surface area contributed by atoms with Gasteiger partial charge < -0.3 is 19.3 Å². The van der Waals surface area contributed by atoms with Crippen molar-refractivity contribution in [3.05, 3.63) is 17.0 Å². The van der Waals surface area contributed by atoms with Gasteiger partial charge in [-0.2, -0.15) is 0 Å². The van der Waals surface area contributed by atoms with Crippen LogP contribution >= 0.6 is 0 Å². The number of hydrogen-bond acceptors (Lipinski definition) is 5. The number of rotatable bonds is 9. The van der Waals surface area contributed by atoms with Gasteiger partial charge in [-0.05, 0) is 19.3 Å². The molecule has 0 spiro atoms. The van der Waals surface area contributed by atoms with Crippen LogP contribution in [-0.4, -0.2) is 37.0 Å². The van der Waals surface area contributed by atoms with Crippen LogP contribution in [0.1, 0.15) is 50.1 Å². The fraction of sp³-hybridized carbons (Fsp3) is 0.750. The first-order chi connectivity index (χ1) is 10.7. The molecule has 6 nitrogen and oxygen atoms in total. The van der Waals surface area contributed by atoms with Crippen molar-refractivity contribution in [2.24, 2.45) is 0 Å². The maximum absolute atomic E-state index is 11.9. The van der Waals surface area contributed by atoms with Gasteiger partial charge in [0.15, 0.2) is 0 Å². The number of aromatic nitrogens is 1. The summed E-state index contributed by atoms with van der Waals surface area (Å²) in [5.41, 5.74) is 1.94. The van der Waals surface area contributed by atoms with Crippen molar-refractivity contribution < 1.29 is 18.8 Å². The third kappa shape index (κ3) is 4.81. The summed E-state index contributed by atoms with van der Waals surface area (Å²) in [5, 5.41) is 6.95. The van der Waals surface area contributed by atoms with Crippen molar-refractivity contribution in [3.63, 3.8) is 0 Å². The van der Waals surface area contributed by atoms with Crippen LogP contribution in [0.5, 0.6) is 0 Å². The number of hydrogen-bond donors (Lipinski definition) is 1. The minimum atomic E-state index is -0.0161. The third-order valence-corrected chi connectivity index (χ3v) is 3.87. The fourth-order valence-corrected chi connectivity index (χ4v) is 2.57. The topological polar surface area (TPSA) is 73.6 Å². The zero-order chi connectivity index (χ0) is 15.8. The highest BCUT2D eigenvalue weighted by Gasteiger charge is 2.16. The summed E-state index contributed by atoms with van der Waals surface area (Å²) in [6.07, 6.45) is 4.31. The molecule has 0 unspecified atom stereocenters. The van der Waals surface area contributed by atoms with E-state index in [1.807, 2.05) is 13.8 Å². The predicted octanol–water partition coefficient (Wildman–Crippen LogP) is 2.00. The van der Waals surface area contributed by atoms with Gasteiger partial charge in [-0.1, -0.05) is 19.0 Å². The fourth-order valence-electron chi connectivity index (χ4n) is 2.57. The molecule has 1 aromatic heterocycles. The predicted molar refractivity (Wildman–Crippen MR) is 81.5 cm³/mol. The number of nitrogens with one attached hydrogen (secondary N) is 1. The van der Waals surface area contributed by atoms with Gasteiger partial charge in [0.1, 0.15) is 5.76 Å². The second-order valence-corrected chi connectivity index (χ2v) is 5.47. The highest BCUT2D eigenvalue weighted by Crippen LogP contribution is 2.15. The first-order valence-electron chi connectivity index (χ1n) is 8.16. The lowest BCUT2D eigenvalue weighted by Gasteiger charge is -2.10. The lowest BCUT2D eigenvalue weighted by atomic mass is 10.1. The van der Waals surface area contributed by atoms with E-state index in [-0.39, 0.29) is 12.0 Å². The molecule has 6 heteroatoms. The Kier molecular flexibility index (Phi) is 6.86. The molecule has 2 heterocycles. The van der Waals surface area contributed by atoms with Crippen molar-refractivity contribution in [2.75, 3.05) is 19.8 Å². The van der Waals surface area contributed by atoms with E-state index in [0.717, 1.165) is 49.3 Å². The number of carbonyl (C=O) groups excluding carboxylic acids is 1. The van der Waals surface area contributed by atoms with E-state index in [1.165, 1.54) is 0 Å². The summed E-state index contributed by atoms with van der Waals surface area (Å²) in [6.45, 7) is 6.36.